The highest BCUT2D eigenvalue weighted by molar-refractivity contribution is 5.92. The van der Waals surface area contributed by atoms with Crippen molar-refractivity contribution in [1.82, 2.24) is 20.6 Å². The number of rotatable bonds is 8. The molecule has 2 aromatic rings. The lowest BCUT2D eigenvalue weighted by Crippen LogP contribution is -2.33. The van der Waals surface area contributed by atoms with Crippen molar-refractivity contribution in [2.45, 2.75) is 25.7 Å². The van der Waals surface area contributed by atoms with Crippen LogP contribution in [0.3, 0.4) is 0 Å². The zero-order valence-corrected chi connectivity index (χ0v) is 13.7. The number of nitrogens with zero attached hydrogens (tertiary/aromatic N) is 2. The van der Waals surface area contributed by atoms with E-state index in [1.54, 1.807) is 0 Å². The number of hydrogen-bond acceptors (Lipinski definition) is 4. The topological polar surface area (TPSA) is 84.0 Å². The summed E-state index contributed by atoms with van der Waals surface area (Å²) in [6, 6.07) is 10.1. The van der Waals surface area contributed by atoms with Crippen molar-refractivity contribution < 1.29 is 9.59 Å². The van der Waals surface area contributed by atoms with Crippen LogP contribution in [-0.4, -0.2) is 34.9 Å². The molecule has 24 heavy (non-hydrogen) atoms. The average Bonchev–Trinajstić information content (AvgIpc) is 2.64. The van der Waals surface area contributed by atoms with E-state index < -0.39 is 0 Å². The first kappa shape index (κ1) is 17.6. The van der Waals surface area contributed by atoms with Gasteiger partial charge in [-0.25, -0.2) is 4.98 Å². The molecule has 0 spiro atoms. The van der Waals surface area contributed by atoms with Gasteiger partial charge in [0.1, 0.15) is 5.69 Å². The first-order chi connectivity index (χ1) is 11.7. The predicted octanol–water partition coefficient (Wildman–Crippen LogP) is 1.91. The molecule has 0 aliphatic heterocycles. The normalized spacial score (nSPS) is 11.5. The zero-order chi connectivity index (χ0) is 17.2. The molecule has 2 amide bonds. The Morgan fingerprint density at radius 2 is 1.92 bits per heavy atom. The van der Waals surface area contributed by atoms with Gasteiger partial charge in [-0.15, -0.1) is 0 Å². The standard InChI is InChI=1S/C18H22N4O2/c1-2-14(15-6-4-3-5-7-15)12-22-17(23)8-9-21-18(24)16-13-19-10-11-20-16/h3-7,10-11,13-14H,2,8-9,12H2,1H3,(H,21,24)(H,22,23)/t14-/m1/s1. The second-order valence-corrected chi connectivity index (χ2v) is 5.42. The summed E-state index contributed by atoms with van der Waals surface area (Å²) in [5.74, 6) is -0.111. The van der Waals surface area contributed by atoms with Gasteiger partial charge in [0.15, 0.2) is 0 Å². The van der Waals surface area contributed by atoms with E-state index in [1.165, 1.54) is 24.2 Å². The van der Waals surface area contributed by atoms with Gasteiger partial charge in [-0.2, -0.15) is 0 Å². The van der Waals surface area contributed by atoms with Crippen molar-refractivity contribution in [3.8, 4) is 0 Å². The Labute approximate surface area is 141 Å². The molecule has 1 atom stereocenters. The van der Waals surface area contributed by atoms with E-state index in [2.05, 4.69) is 39.7 Å². The minimum Gasteiger partial charge on any atom is -0.355 e. The van der Waals surface area contributed by atoms with Crippen LogP contribution < -0.4 is 10.6 Å². The summed E-state index contributed by atoms with van der Waals surface area (Å²) in [6.07, 6.45) is 5.53. The third-order valence-electron chi connectivity index (χ3n) is 3.74. The summed E-state index contributed by atoms with van der Waals surface area (Å²) >= 11 is 0. The molecule has 2 rings (SSSR count). The van der Waals surface area contributed by atoms with E-state index in [-0.39, 0.29) is 30.5 Å². The van der Waals surface area contributed by atoms with E-state index in [1.807, 2.05) is 18.2 Å². The van der Waals surface area contributed by atoms with Crippen LogP contribution in [0.1, 0.15) is 41.7 Å². The minimum atomic E-state index is -0.327. The summed E-state index contributed by atoms with van der Waals surface area (Å²) in [5.41, 5.74) is 1.46. The second-order valence-electron chi connectivity index (χ2n) is 5.42. The largest absolute Gasteiger partial charge is 0.355 e. The molecular weight excluding hydrogens is 304 g/mol. The third-order valence-corrected chi connectivity index (χ3v) is 3.74. The fraction of sp³-hybridized carbons (Fsp3) is 0.333. The van der Waals surface area contributed by atoms with Crippen molar-refractivity contribution in [3.05, 3.63) is 60.2 Å². The summed E-state index contributed by atoms with van der Waals surface area (Å²) in [5, 5.41) is 5.59. The van der Waals surface area contributed by atoms with Gasteiger partial charge in [0.05, 0.1) is 6.20 Å². The van der Waals surface area contributed by atoms with Crippen molar-refractivity contribution >= 4 is 11.8 Å². The molecule has 1 aromatic heterocycles. The van der Waals surface area contributed by atoms with Crippen LogP contribution in [0.4, 0.5) is 0 Å². The maximum Gasteiger partial charge on any atom is 0.271 e. The fourth-order valence-electron chi connectivity index (χ4n) is 2.34. The quantitative estimate of drug-likeness (QED) is 0.776. The van der Waals surface area contributed by atoms with Gasteiger partial charge in [0, 0.05) is 37.8 Å². The molecular formula is C18H22N4O2. The van der Waals surface area contributed by atoms with Crippen molar-refractivity contribution in [2.75, 3.05) is 13.1 Å². The number of aromatic nitrogens is 2. The van der Waals surface area contributed by atoms with Gasteiger partial charge >= 0.3 is 0 Å². The Morgan fingerprint density at radius 3 is 2.58 bits per heavy atom. The molecule has 2 N–H and O–H groups in total. The van der Waals surface area contributed by atoms with Crippen LogP contribution in [0.25, 0.3) is 0 Å². The van der Waals surface area contributed by atoms with E-state index in [9.17, 15) is 9.59 Å². The molecule has 0 unspecified atom stereocenters. The highest BCUT2D eigenvalue weighted by Crippen LogP contribution is 2.17. The third kappa shape index (κ3) is 5.46. The van der Waals surface area contributed by atoms with Gasteiger partial charge in [0.2, 0.25) is 5.91 Å². The van der Waals surface area contributed by atoms with Crippen molar-refractivity contribution in [3.63, 3.8) is 0 Å². The number of nitrogens with one attached hydrogen (secondary N) is 2. The number of amides is 2. The summed E-state index contributed by atoms with van der Waals surface area (Å²) < 4.78 is 0. The Balaban J connectivity index is 1.70. The highest BCUT2D eigenvalue weighted by Gasteiger charge is 2.11. The molecule has 1 heterocycles. The van der Waals surface area contributed by atoms with Crippen molar-refractivity contribution in [2.24, 2.45) is 0 Å². The van der Waals surface area contributed by atoms with E-state index in [0.717, 1.165) is 6.42 Å². The first-order valence-electron chi connectivity index (χ1n) is 8.06. The summed E-state index contributed by atoms with van der Waals surface area (Å²) in [6.45, 7) is 2.96. The molecule has 0 aliphatic carbocycles. The molecule has 0 saturated heterocycles. The Hall–Kier alpha value is -2.76. The van der Waals surface area contributed by atoms with E-state index in [0.29, 0.717) is 12.5 Å². The number of benzene rings is 1. The maximum atomic E-state index is 11.9. The van der Waals surface area contributed by atoms with Crippen LogP contribution in [0.2, 0.25) is 0 Å². The van der Waals surface area contributed by atoms with Gasteiger partial charge in [-0.05, 0) is 12.0 Å². The highest BCUT2D eigenvalue weighted by atomic mass is 16.2. The van der Waals surface area contributed by atoms with Gasteiger partial charge < -0.3 is 10.6 Å². The fourth-order valence-corrected chi connectivity index (χ4v) is 2.34. The average molecular weight is 326 g/mol. The molecule has 0 bridgehead atoms. The van der Waals surface area contributed by atoms with Crippen LogP contribution in [0, 0.1) is 0 Å². The van der Waals surface area contributed by atoms with Crippen LogP contribution in [-0.2, 0) is 4.79 Å². The number of hydrogen-bond donors (Lipinski definition) is 2. The lowest BCUT2D eigenvalue weighted by molar-refractivity contribution is -0.121. The molecule has 0 aliphatic rings. The van der Waals surface area contributed by atoms with Gasteiger partial charge in [0.25, 0.3) is 5.91 Å². The first-order valence-corrected chi connectivity index (χ1v) is 8.06. The van der Waals surface area contributed by atoms with E-state index in [4.69, 9.17) is 0 Å². The van der Waals surface area contributed by atoms with Crippen LogP contribution in [0.15, 0.2) is 48.9 Å². The van der Waals surface area contributed by atoms with Crippen LogP contribution in [0.5, 0.6) is 0 Å². The Bertz CT molecular complexity index is 647. The van der Waals surface area contributed by atoms with Crippen LogP contribution >= 0.6 is 0 Å². The number of carbonyl (C=O) groups excluding carboxylic acids is 2. The lowest BCUT2D eigenvalue weighted by Gasteiger charge is -2.16. The zero-order valence-electron chi connectivity index (χ0n) is 13.7. The lowest BCUT2D eigenvalue weighted by atomic mass is 9.96. The smallest absolute Gasteiger partial charge is 0.271 e. The summed E-state index contributed by atoms with van der Waals surface area (Å²) in [4.78, 5) is 31.4. The van der Waals surface area contributed by atoms with E-state index >= 15 is 0 Å². The molecule has 0 fully saturated rings. The van der Waals surface area contributed by atoms with Gasteiger partial charge in [-0.1, -0.05) is 37.3 Å². The van der Waals surface area contributed by atoms with Crippen molar-refractivity contribution in [1.29, 1.82) is 0 Å². The molecule has 0 radical (unpaired) electrons. The summed E-state index contributed by atoms with van der Waals surface area (Å²) in [7, 11) is 0. The predicted molar refractivity (Wildman–Crippen MR) is 91.5 cm³/mol. The molecule has 0 saturated carbocycles. The molecule has 6 nitrogen and oxygen atoms in total. The Kier molecular flexibility index (Phi) is 6.89. The minimum absolute atomic E-state index is 0.0798. The molecule has 1 aromatic carbocycles. The monoisotopic (exact) mass is 326 g/mol. The number of carbonyl (C=O) groups is 2. The molecule has 6 heteroatoms. The molecule has 126 valence electrons. The SMILES string of the molecule is CC[C@H](CNC(=O)CCNC(=O)c1cnccn1)c1ccccc1. The Morgan fingerprint density at radius 1 is 1.12 bits per heavy atom. The second kappa shape index (κ2) is 9.39. The maximum absolute atomic E-state index is 11.9. The van der Waals surface area contributed by atoms with Gasteiger partial charge in [-0.3, -0.25) is 14.6 Å².